The van der Waals surface area contributed by atoms with Gasteiger partial charge in [0.05, 0.1) is 0 Å². The van der Waals surface area contributed by atoms with Gasteiger partial charge in [0.15, 0.2) is 0 Å². The van der Waals surface area contributed by atoms with Gasteiger partial charge >= 0.3 is 0 Å². The Morgan fingerprint density at radius 2 is 2.05 bits per heavy atom. The molecule has 21 heavy (non-hydrogen) atoms. The molecule has 1 aliphatic rings. The predicted octanol–water partition coefficient (Wildman–Crippen LogP) is 4.08. The molecule has 2 N–H and O–H groups in total. The molecule has 0 saturated carbocycles. The molecule has 0 unspecified atom stereocenters. The Labute approximate surface area is 135 Å². The molecular weight excluding hydrogens is 296 g/mol. The fourth-order valence-corrected chi connectivity index (χ4v) is 5.16. The van der Waals surface area contributed by atoms with Crippen molar-refractivity contribution < 1.29 is 0 Å². The second-order valence-electron chi connectivity index (χ2n) is 6.34. The molecule has 2 heterocycles. The van der Waals surface area contributed by atoms with Gasteiger partial charge in [-0.1, -0.05) is 32.0 Å². The highest BCUT2D eigenvalue weighted by Crippen LogP contribution is 2.34. The van der Waals surface area contributed by atoms with E-state index >= 15 is 0 Å². The number of benzene rings is 1. The van der Waals surface area contributed by atoms with E-state index in [-0.39, 0.29) is 0 Å². The van der Waals surface area contributed by atoms with Gasteiger partial charge in [0, 0.05) is 39.7 Å². The molecule has 1 saturated heterocycles. The van der Waals surface area contributed by atoms with Crippen LogP contribution in [0.1, 0.15) is 30.7 Å². The maximum Gasteiger partial charge on any atom is 0.0349 e. The molecular formula is C17H24N2S2. The highest BCUT2D eigenvalue weighted by atomic mass is 32.2. The fraction of sp³-hybridized carbons (Fsp3) is 0.529. The van der Waals surface area contributed by atoms with Crippen molar-refractivity contribution in [1.82, 2.24) is 4.90 Å². The smallest absolute Gasteiger partial charge is 0.0349 e. The highest BCUT2D eigenvalue weighted by Gasteiger charge is 2.24. The lowest BCUT2D eigenvalue weighted by Gasteiger charge is -2.22. The van der Waals surface area contributed by atoms with Crippen LogP contribution in [0, 0.1) is 0 Å². The molecule has 0 amide bonds. The first-order valence-electron chi connectivity index (χ1n) is 7.65. The van der Waals surface area contributed by atoms with Crippen LogP contribution in [-0.2, 0) is 13.1 Å². The maximum absolute atomic E-state index is 5.98. The molecule has 2 aromatic rings. The van der Waals surface area contributed by atoms with E-state index < -0.39 is 0 Å². The SMILES string of the molecule is CC1(C)CCN(Cc2c(CN)sc3ccccc23)CCS1. The summed E-state index contributed by atoms with van der Waals surface area (Å²) >= 11 is 3.97. The number of rotatable bonds is 3. The molecule has 114 valence electrons. The minimum absolute atomic E-state index is 0.419. The Morgan fingerprint density at radius 1 is 1.24 bits per heavy atom. The first-order chi connectivity index (χ1) is 10.1. The number of fused-ring (bicyclic) bond motifs is 1. The van der Waals surface area contributed by atoms with E-state index in [9.17, 15) is 0 Å². The second-order valence-corrected chi connectivity index (χ2v) is 9.28. The van der Waals surface area contributed by atoms with Crippen molar-refractivity contribution in [3.8, 4) is 0 Å². The van der Waals surface area contributed by atoms with Gasteiger partial charge in [0.25, 0.3) is 0 Å². The molecule has 0 spiro atoms. The average Bonchev–Trinajstić information content (AvgIpc) is 2.72. The molecule has 1 aromatic heterocycles. The summed E-state index contributed by atoms with van der Waals surface area (Å²) in [7, 11) is 0. The molecule has 4 heteroatoms. The Hall–Kier alpha value is -0.550. The third-order valence-electron chi connectivity index (χ3n) is 4.28. The van der Waals surface area contributed by atoms with Gasteiger partial charge in [0.1, 0.15) is 0 Å². The number of thioether (sulfide) groups is 1. The van der Waals surface area contributed by atoms with Crippen molar-refractivity contribution in [1.29, 1.82) is 0 Å². The zero-order chi connectivity index (χ0) is 14.9. The molecule has 1 aromatic carbocycles. The molecule has 2 nitrogen and oxygen atoms in total. The number of nitrogens with zero attached hydrogens (tertiary/aromatic N) is 1. The van der Waals surface area contributed by atoms with E-state index in [1.165, 1.54) is 45.8 Å². The monoisotopic (exact) mass is 320 g/mol. The van der Waals surface area contributed by atoms with Crippen molar-refractivity contribution in [2.75, 3.05) is 18.8 Å². The Kier molecular flexibility index (Phi) is 4.60. The molecule has 1 aliphatic heterocycles. The number of hydrogen-bond acceptors (Lipinski definition) is 4. The topological polar surface area (TPSA) is 29.3 Å². The van der Waals surface area contributed by atoms with E-state index in [2.05, 4.69) is 54.8 Å². The van der Waals surface area contributed by atoms with Crippen LogP contribution in [0.25, 0.3) is 10.1 Å². The summed E-state index contributed by atoms with van der Waals surface area (Å²) in [6, 6.07) is 8.72. The standard InChI is InChI=1S/C17H24N2S2/c1-17(2)7-8-19(9-10-20-17)12-14-13-5-3-4-6-15(13)21-16(14)11-18/h3-6H,7-12,18H2,1-2H3. The summed E-state index contributed by atoms with van der Waals surface area (Å²) in [6.07, 6.45) is 1.26. The van der Waals surface area contributed by atoms with Crippen LogP contribution in [-0.4, -0.2) is 28.5 Å². The summed E-state index contributed by atoms with van der Waals surface area (Å²) in [5.74, 6) is 1.23. The van der Waals surface area contributed by atoms with Crippen LogP contribution in [0.5, 0.6) is 0 Å². The number of hydrogen-bond donors (Lipinski definition) is 1. The predicted molar refractivity (Wildman–Crippen MR) is 96.1 cm³/mol. The normalized spacial score (nSPS) is 19.8. The van der Waals surface area contributed by atoms with Crippen molar-refractivity contribution in [2.45, 2.75) is 38.1 Å². The summed E-state index contributed by atoms with van der Waals surface area (Å²) in [5.41, 5.74) is 7.44. The fourth-order valence-electron chi connectivity index (χ4n) is 2.93. The lowest BCUT2D eigenvalue weighted by atomic mass is 10.1. The van der Waals surface area contributed by atoms with Gasteiger partial charge in [0.2, 0.25) is 0 Å². The van der Waals surface area contributed by atoms with Gasteiger partial charge in [-0.3, -0.25) is 4.90 Å². The number of thiophene rings is 1. The largest absolute Gasteiger partial charge is 0.326 e. The van der Waals surface area contributed by atoms with Gasteiger partial charge in [-0.25, -0.2) is 0 Å². The van der Waals surface area contributed by atoms with Crippen molar-refractivity contribution in [3.05, 3.63) is 34.7 Å². The Bertz CT molecular complexity index is 618. The minimum Gasteiger partial charge on any atom is -0.326 e. The van der Waals surface area contributed by atoms with Crippen LogP contribution in [0.3, 0.4) is 0 Å². The van der Waals surface area contributed by atoms with Crippen molar-refractivity contribution in [2.24, 2.45) is 5.73 Å². The van der Waals surface area contributed by atoms with Gasteiger partial charge in [-0.15, -0.1) is 11.3 Å². The molecule has 0 aliphatic carbocycles. The molecule has 0 bridgehead atoms. The van der Waals surface area contributed by atoms with Crippen molar-refractivity contribution in [3.63, 3.8) is 0 Å². The lowest BCUT2D eigenvalue weighted by molar-refractivity contribution is 0.277. The zero-order valence-corrected chi connectivity index (χ0v) is 14.5. The van der Waals surface area contributed by atoms with Gasteiger partial charge in [-0.2, -0.15) is 11.8 Å². The van der Waals surface area contributed by atoms with E-state index in [0.717, 1.165) is 6.54 Å². The molecule has 0 atom stereocenters. The third kappa shape index (κ3) is 3.45. The van der Waals surface area contributed by atoms with Gasteiger partial charge < -0.3 is 5.73 Å². The first-order valence-corrected chi connectivity index (χ1v) is 9.45. The van der Waals surface area contributed by atoms with Crippen LogP contribution in [0.4, 0.5) is 0 Å². The Balaban J connectivity index is 1.84. The molecule has 0 radical (unpaired) electrons. The van der Waals surface area contributed by atoms with Crippen LogP contribution < -0.4 is 5.73 Å². The molecule has 1 fully saturated rings. The van der Waals surface area contributed by atoms with Crippen LogP contribution >= 0.6 is 23.1 Å². The first kappa shape index (κ1) is 15.3. The van der Waals surface area contributed by atoms with E-state index in [1.807, 2.05) is 11.3 Å². The van der Waals surface area contributed by atoms with Gasteiger partial charge in [-0.05, 0) is 30.0 Å². The summed E-state index contributed by atoms with van der Waals surface area (Å²) in [4.78, 5) is 3.96. The minimum atomic E-state index is 0.419. The van der Waals surface area contributed by atoms with Crippen LogP contribution in [0.2, 0.25) is 0 Å². The third-order valence-corrected chi connectivity index (χ3v) is 6.89. The average molecular weight is 321 g/mol. The van der Waals surface area contributed by atoms with E-state index in [0.29, 0.717) is 11.3 Å². The highest BCUT2D eigenvalue weighted by molar-refractivity contribution is 8.00. The zero-order valence-electron chi connectivity index (χ0n) is 12.9. The summed E-state index contributed by atoms with van der Waals surface area (Å²) in [6.45, 7) is 8.81. The summed E-state index contributed by atoms with van der Waals surface area (Å²) in [5, 5.41) is 1.40. The Morgan fingerprint density at radius 3 is 2.86 bits per heavy atom. The quantitative estimate of drug-likeness (QED) is 0.924. The number of nitrogens with two attached hydrogens (primary N) is 1. The second kappa shape index (κ2) is 6.29. The maximum atomic E-state index is 5.98. The summed E-state index contributed by atoms with van der Waals surface area (Å²) < 4.78 is 1.79. The van der Waals surface area contributed by atoms with E-state index in [1.54, 1.807) is 0 Å². The van der Waals surface area contributed by atoms with Crippen LogP contribution in [0.15, 0.2) is 24.3 Å². The lowest BCUT2D eigenvalue weighted by Crippen LogP contribution is -2.27. The van der Waals surface area contributed by atoms with Crippen molar-refractivity contribution >= 4 is 33.2 Å². The molecule has 3 rings (SSSR count). The van der Waals surface area contributed by atoms with E-state index in [4.69, 9.17) is 5.73 Å².